The second-order valence-electron chi connectivity index (χ2n) is 9.13. The lowest BCUT2D eigenvalue weighted by Crippen LogP contribution is -2.56. The van der Waals surface area contributed by atoms with Gasteiger partial charge in [0.05, 0.1) is 11.3 Å². The van der Waals surface area contributed by atoms with Crippen LogP contribution in [0.5, 0.6) is 0 Å². The van der Waals surface area contributed by atoms with Gasteiger partial charge in [0, 0.05) is 30.8 Å². The molecule has 5 N–H and O–H groups in total. The number of hydrogen-bond acceptors (Lipinski definition) is 8. The highest BCUT2D eigenvalue weighted by atomic mass is 16.6. The zero-order valence-electron chi connectivity index (χ0n) is 21.8. The van der Waals surface area contributed by atoms with Crippen molar-refractivity contribution in [2.75, 3.05) is 11.9 Å². The first kappa shape index (κ1) is 30.7. The van der Waals surface area contributed by atoms with Crippen LogP contribution in [0.4, 0.5) is 11.4 Å². The second-order valence-corrected chi connectivity index (χ2v) is 9.13. The number of rotatable bonds is 12. The first-order valence-electron chi connectivity index (χ1n) is 12.3. The van der Waals surface area contributed by atoms with Gasteiger partial charge in [0.25, 0.3) is 5.69 Å². The number of carbonyl (C=O) groups is 6. The summed E-state index contributed by atoms with van der Waals surface area (Å²) in [7, 11) is 0. The van der Waals surface area contributed by atoms with Crippen LogP contribution in [0.25, 0.3) is 0 Å². The van der Waals surface area contributed by atoms with Crippen LogP contribution in [-0.2, 0) is 28.8 Å². The molecular weight excluding hydrogens is 516 g/mol. The van der Waals surface area contributed by atoms with Crippen molar-refractivity contribution in [3.05, 3.63) is 34.4 Å². The van der Waals surface area contributed by atoms with Crippen molar-refractivity contribution in [3.63, 3.8) is 0 Å². The van der Waals surface area contributed by atoms with E-state index in [-0.39, 0.29) is 25.1 Å². The molecule has 4 atom stereocenters. The minimum atomic E-state index is -1.15. The summed E-state index contributed by atoms with van der Waals surface area (Å²) in [6, 6.07) is 1.30. The van der Waals surface area contributed by atoms with Crippen LogP contribution in [0.1, 0.15) is 46.5 Å². The van der Waals surface area contributed by atoms with Crippen molar-refractivity contribution in [1.29, 1.82) is 0 Å². The molecule has 1 aromatic rings. The van der Waals surface area contributed by atoms with Crippen LogP contribution in [-0.4, -0.2) is 81.1 Å². The Morgan fingerprint density at radius 2 is 1.56 bits per heavy atom. The Morgan fingerprint density at radius 1 is 0.949 bits per heavy atom. The van der Waals surface area contributed by atoms with E-state index in [0.29, 0.717) is 18.5 Å². The third-order valence-corrected chi connectivity index (χ3v) is 6.00. The van der Waals surface area contributed by atoms with Crippen LogP contribution in [0.3, 0.4) is 0 Å². The lowest BCUT2D eigenvalue weighted by molar-refractivity contribution is -0.384. The van der Waals surface area contributed by atoms with Crippen LogP contribution in [0.2, 0.25) is 0 Å². The fraction of sp³-hybridized carbons (Fsp3) is 0.500. The van der Waals surface area contributed by atoms with E-state index in [1.165, 1.54) is 49.9 Å². The van der Waals surface area contributed by atoms with Gasteiger partial charge < -0.3 is 31.3 Å². The molecule has 1 aliphatic rings. The SMILES string of the molecule is C[C@H](NC(=O)CCC(=O)O)C(=O)N[C@@H](C)C(=O)N1CCC[C@H]1C(=O)N[C@@H](C)C(=O)Nc1ccc([N+](=O)[O-])cc1. The van der Waals surface area contributed by atoms with E-state index in [2.05, 4.69) is 21.3 Å². The predicted molar refractivity (Wildman–Crippen MR) is 136 cm³/mol. The number of carboxylic acids is 1. The van der Waals surface area contributed by atoms with E-state index in [1.54, 1.807) is 0 Å². The van der Waals surface area contributed by atoms with Gasteiger partial charge in [-0.05, 0) is 45.7 Å². The standard InChI is InChI=1S/C24H32N6O9/c1-13(25-19(31)10-11-20(32)33)21(34)27-15(3)24(37)29-12-4-5-18(29)23(36)26-14(2)22(35)28-16-6-8-17(9-7-16)30(38)39/h6-9,13-15,18H,4-5,10-12H2,1-3H3,(H,25,31)(H,26,36)(H,27,34)(H,28,35)(H,32,33)/t13-,14-,15-,18-/m0/s1. The van der Waals surface area contributed by atoms with Crippen molar-refractivity contribution >= 4 is 46.9 Å². The van der Waals surface area contributed by atoms with Gasteiger partial charge in [0.2, 0.25) is 29.5 Å². The molecule has 0 aliphatic carbocycles. The predicted octanol–water partition coefficient (Wildman–Crippen LogP) is -0.0968. The van der Waals surface area contributed by atoms with E-state index in [4.69, 9.17) is 5.11 Å². The van der Waals surface area contributed by atoms with Crippen molar-refractivity contribution in [2.45, 2.75) is 70.6 Å². The van der Waals surface area contributed by atoms with Crippen molar-refractivity contribution in [2.24, 2.45) is 0 Å². The van der Waals surface area contributed by atoms with Crippen molar-refractivity contribution in [3.8, 4) is 0 Å². The number of amides is 5. The molecule has 5 amide bonds. The maximum Gasteiger partial charge on any atom is 0.303 e. The van der Waals surface area contributed by atoms with E-state index in [9.17, 15) is 38.9 Å². The van der Waals surface area contributed by atoms with E-state index >= 15 is 0 Å². The molecule has 0 saturated carbocycles. The summed E-state index contributed by atoms with van der Waals surface area (Å²) in [6.45, 7) is 4.55. The highest BCUT2D eigenvalue weighted by Crippen LogP contribution is 2.19. The minimum absolute atomic E-state index is 0.138. The highest BCUT2D eigenvalue weighted by Gasteiger charge is 2.37. The Hall–Kier alpha value is -4.56. The summed E-state index contributed by atoms with van der Waals surface area (Å²) in [5.74, 6) is -4.06. The quantitative estimate of drug-likeness (QED) is 0.174. The number of nitro benzene ring substituents is 1. The maximum atomic E-state index is 13.0. The van der Waals surface area contributed by atoms with Crippen molar-refractivity contribution in [1.82, 2.24) is 20.9 Å². The van der Waals surface area contributed by atoms with Gasteiger partial charge in [-0.15, -0.1) is 0 Å². The molecule has 1 aliphatic heterocycles. The highest BCUT2D eigenvalue weighted by molar-refractivity contribution is 5.99. The van der Waals surface area contributed by atoms with Crippen LogP contribution in [0, 0.1) is 10.1 Å². The number of carboxylic acid groups (broad SMARTS) is 1. The van der Waals surface area contributed by atoms with Gasteiger partial charge in [0.1, 0.15) is 24.2 Å². The number of benzene rings is 1. The van der Waals surface area contributed by atoms with Gasteiger partial charge in [-0.3, -0.25) is 38.9 Å². The third kappa shape index (κ3) is 9.05. The molecule has 0 bridgehead atoms. The molecule has 1 saturated heterocycles. The topological polar surface area (TPSA) is 217 Å². The Bertz CT molecular complexity index is 1120. The number of non-ortho nitro benzene ring substituents is 1. The number of nitrogens with zero attached hydrogens (tertiary/aromatic N) is 2. The molecule has 0 unspecified atom stereocenters. The Labute approximate surface area is 223 Å². The molecule has 212 valence electrons. The molecule has 0 aromatic heterocycles. The van der Waals surface area contributed by atoms with Crippen LogP contribution in [0.15, 0.2) is 24.3 Å². The number of aliphatic carboxylic acids is 1. The molecule has 15 nitrogen and oxygen atoms in total. The van der Waals surface area contributed by atoms with Crippen molar-refractivity contribution < 1.29 is 38.8 Å². The molecule has 0 radical (unpaired) electrons. The lowest BCUT2D eigenvalue weighted by atomic mass is 10.1. The zero-order chi connectivity index (χ0) is 29.3. The Morgan fingerprint density at radius 3 is 2.15 bits per heavy atom. The molecule has 15 heteroatoms. The number of carbonyl (C=O) groups excluding carboxylic acids is 5. The first-order chi connectivity index (χ1) is 18.3. The fourth-order valence-corrected chi connectivity index (χ4v) is 3.84. The van der Waals surface area contributed by atoms with Crippen LogP contribution < -0.4 is 21.3 Å². The second kappa shape index (κ2) is 13.8. The summed E-state index contributed by atoms with van der Waals surface area (Å²) in [6.07, 6.45) is 0.204. The van der Waals surface area contributed by atoms with Gasteiger partial charge in [0.15, 0.2) is 0 Å². The summed E-state index contributed by atoms with van der Waals surface area (Å²) in [4.78, 5) is 84.6. The van der Waals surface area contributed by atoms with Gasteiger partial charge in [-0.2, -0.15) is 0 Å². The molecule has 2 rings (SSSR count). The smallest absolute Gasteiger partial charge is 0.303 e. The average molecular weight is 549 g/mol. The third-order valence-electron chi connectivity index (χ3n) is 6.00. The summed E-state index contributed by atoms with van der Waals surface area (Å²) >= 11 is 0. The normalized spacial score (nSPS) is 16.8. The first-order valence-corrected chi connectivity index (χ1v) is 12.3. The molecule has 0 spiro atoms. The lowest BCUT2D eigenvalue weighted by Gasteiger charge is -2.28. The minimum Gasteiger partial charge on any atom is -0.481 e. The molecule has 1 heterocycles. The summed E-state index contributed by atoms with van der Waals surface area (Å²) in [5.41, 5.74) is 0.168. The Balaban J connectivity index is 1.89. The number of hydrogen-bond donors (Lipinski definition) is 5. The number of anilines is 1. The number of nitrogens with one attached hydrogen (secondary N) is 4. The molecule has 1 fully saturated rings. The Kier molecular flexibility index (Phi) is 10.9. The van der Waals surface area contributed by atoms with E-state index in [0.717, 1.165) is 0 Å². The van der Waals surface area contributed by atoms with Gasteiger partial charge >= 0.3 is 5.97 Å². The van der Waals surface area contributed by atoms with Gasteiger partial charge in [-0.1, -0.05) is 0 Å². The van der Waals surface area contributed by atoms with Gasteiger partial charge in [-0.25, -0.2) is 0 Å². The van der Waals surface area contributed by atoms with E-state index in [1.807, 2.05) is 0 Å². The number of likely N-dealkylation sites (tertiary alicyclic amines) is 1. The average Bonchev–Trinajstić information content (AvgIpc) is 3.37. The summed E-state index contributed by atoms with van der Waals surface area (Å²) < 4.78 is 0. The molecule has 39 heavy (non-hydrogen) atoms. The van der Waals surface area contributed by atoms with E-state index < -0.39 is 64.6 Å². The summed E-state index contributed by atoms with van der Waals surface area (Å²) in [5, 5.41) is 29.4. The molecular formula is C24H32N6O9. The fourth-order valence-electron chi connectivity index (χ4n) is 3.84. The maximum absolute atomic E-state index is 13.0. The monoisotopic (exact) mass is 548 g/mol. The largest absolute Gasteiger partial charge is 0.481 e. The zero-order valence-corrected chi connectivity index (χ0v) is 21.8. The van der Waals surface area contributed by atoms with Crippen LogP contribution >= 0.6 is 0 Å². The number of nitro groups is 1. The molecule has 1 aromatic carbocycles.